The van der Waals surface area contributed by atoms with Gasteiger partial charge < -0.3 is 5.11 Å². The summed E-state index contributed by atoms with van der Waals surface area (Å²) in [4.78, 5) is 50.9. The molecule has 3 aliphatic carbocycles. The third-order valence-corrected chi connectivity index (χ3v) is 7.11. The van der Waals surface area contributed by atoms with Gasteiger partial charge in [-0.2, -0.15) is 0 Å². The number of carboxylic acid groups (broad SMARTS) is 1. The lowest BCUT2D eigenvalue weighted by Crippen LogP contribution is -2.41. The number of nitrogens with zero attached hydrogens (tertiary/aromatic N) is 2. The fourth-order valence-corrected chi connectivity index (χ4v) is 5.91. The standard InChI is InChI=1S/C25H16N2O6/c28-23-21-19-13-5-1-2-6-14(13)20(16-8-4-3-7-15(16)19)22(21)24(29)26(23)18-11-12(27(32)33)9-10-17(18)25(30)31/h1-11,19-22H,(H,30,31)/t19?,20?,21-,22-/m1/s1. The predicted octanol–water partition coefficient (Wildman–Crippen LogP) is 3.69. The number of amides is 2. The second kappa shape index (κ2) is 6.59. The topological polar surface area (TPSA) is 118 Å². The van der Waals surface area contributed by atoms with Gasteiger partial charge in [-0.25, -0.2) is 9.69 Å². The Kier molecular flexibility index (Phi) is 3.86. The summed E-state index contributed by atoms with van der Waals surface area (Å²) in [5, 5.41) is 21.0. The summed E-state index contributed by atoms with van der Waals surface area (Å²) in [5.41, 5.74) is 2.98. The molecule has 0 radical (unpaired) electrons. The highest BCUT2D eigenvalue weighted by Crippen LogP contribution is 2.61. The third kappa shape index (κ3) is 2.43. The van der Waals surface area contributed by atoms with E-state index in [-0.39, 0.29) is 28.8 Å². The van der Waals surface area contributed by atoms with Crippen molar-refractivity contribution in [3.63, 3.8) is 0 Å². The van der Waals surface area contributed by atoms with Gasteiger partial charge in [-0.15, -0.1) is 0 Å². The van der Waals surface area contributed by atoms with E-state index in [0.717, 1.165) is 45.4 Å². The van der Waals surface area contributed by atoms with Gasteiger partial charge in [-0.1, -0.05) is 48.5 Å². The first-order valence-corrected chi connectivity index (χ1v) is 10.5. The van der Waals surface area contributed by atoms with Crippen LogP contribution in [0.2, 0.25) is 0 Å². The first kappa shape index (κ1) is 19.4. The number of aromatic carboxylic acids is 1. The molecule has 0 aromatic heterocycles. The Morgan fingerprint density at radius 3 is 1.67 bits per heavy atom. The molecule has 1 saturated heterocycles. The third-order valence-electron chi connectivity index (χ3n) is 7.11. The number of hydrogen-bond acceptors (Lipinski definition) is 5. The maximum absolute atomic E-state index is 13.8. The highest BCUT2D eigenvalue weighted by molar-refractivity contribution is 6.25. The SMILES string of the molecule is O=C(O)c1ccc([N+](=O)[O-])cc1N1C(=O)[C@@H]2C3c4ccccc4C(c4ccccc43)[C@H]2C1=O. The fraction of sp³-hybridized carbons (Fsp3) is 0.160. The summed E-state index contributed by atoms with van der Waals surface area (Å²) >= 11 is 0. The number of carbonyl (C=O) groups excluding carboxylic acids is 2. The van der Waals surface area contributed by atoms with E-state index in [1.165, 1.54) is 0 Å². The Bertz CT molecular complexity index is 1300. The maximum Gasteiger partial charge on any atom is 0.337 e. The number of benzene rings is 3. The summed E-state index contributed by atoms with van der Waals surface area (Å²) in [6, 6.07) is 18.6. The summed E-state index contributed by atoms with van der Waals surface area (Å²) < 4.78 is 0. The van der Waals surface area contributed by atoms with Crippen molar-refractivity contribution in [3.8, 4) is 0 Å². The maximum atomic E-state index is 13.8. The van der Waals surface area contributed by atoms with Crippen LogP contribution in [0.3, 0.4) is 0 Å². The quantitative estimate of drug-likeness (QED) is 0.377. The molecule has 0 saturated carbocycles. The molecule has 2 bridgehead atoms. The van der Waals surface area contributed by atoms with Crippen molar-refractivity contribution in [1.29, 1.82) is 0 Å². The Balaban J connectivity index is 1.57. The summed E-state index contributed by atoms with van der Waals surface area (Å²) in [6.45, 7) is 0. The smallest absolute Gasteiger partial charge is 0.337 e. The highest BCUT2D eigenvalue weighted by Gasteiger charge is 2.62. The molecule has 4 aliphatic rings. The first-order valence-electron chi connectivity index (χ1n) is 10.5. The monoisotopic (exact) mass is 440 g/mol. The lowest BCUT2D eigenvalue weighted by molar-refractivity contribution is -0.384. The number of rotatable bonds is 3. The van der Waals surface area contributed by atoms with Crippen molar-refractivity contribution >= 4 is 29.2 Å². The van der Waals surface area contributed by atoms with Crippen LogP contribution in [0.15, 0.2) is 66.7 Å². The minimum atomic E-state index is -1.37. The van der Waals surface area contributed by atoms with Crippen molar-refractivity contribution in [3.05, 3.63) is 105 Å². The zero-order valence-electron chi connectivity index (χ0n) is 17.0. The van der Waals surface area contributed by atoms with E-state index in [4.69, 9.17) is 0 Å². The first-order chi connectivity index (χ1) is 15.9. The van der Waals surface area contributed by atoms with Gasteiger partial charge in [0, 0.05) is 24.0 Å². The van der Waals surface area contributed by atoms with Crippen LogP contribution in [-0.4, -0.2) is 27.8 Å². The van der Waals surface area contributed by atoms with E-state index in [2.05, 4.69) is 0 Å². The molecule has 1 N–H and O–H groups in total. The number of nitro benzene ring substituents is 1. The molecule has 8 heteroatoms. The largest absolute Gasteiger partial charge is 0.478 e. The summed E-state index contributed by atoms with van der Waals surface area (Å²) in [5.74, 6) is -4.51. The molecule has 1 fully saturated rings. The fourth-order valence-electron chi connectivity index (χ4n) is 5.91. The number of anilines is 1. The van der Waals surface area contributed by atoms with Crippen LogP contribution < -0.4 is 4.90 Å². The van der Waals surface area contributed by atoms with E-state index >= 15 is 0 Å². The average molecular weight is 440 g/mol. The van der Waals surface area contributed by atoms with Gasteiger partial charge in [0.1, 0.15) is 0 Å². The minimum Gasteiger partial charge on any atom is -0.478 e. The van der Waals surface area contributed by atoms with Gasteiger partial charge in [0.2, 0.25) is 11.8 Å². The van der Waals surface area contributed by atoms with Crippen molar-refractivity contribution in [2.24, 2.45) is 11.8 Å². The number of hydrogen-bond donors (Lipinski definition) is 1. The summed E-state index contributed by atoms with van der Waals surface area (Å²) in [7, 11) is 0. The van der Waals surface area contributed by atoms with Crippen LogP contribution in [0.5, 0.6) is 0 Å². The number of non-ortho nitro benzene ring substituents is 1. The Hall–Kier alpha value is -4.33. The number of carbonyl (C=O) groups is 3. The molecule has 3 aromatic rings. The molecule has 1 aliphatic heterocycles. The Morgan fingerprint density at radius 1 is 0.818 bits per heavy atom. The number of imide groups is 1. The molecule has 8 nitrogen and oxygen atoms in total. The zero-order chi connectivity index (χ0) is 23.0. The van der Waals surface area contributed by atoms with Crippen molar-refractivity contribution < 1.29 is 24.4 Å². The molecule has 33 heavy (non-hydrogen) atoms. The molecule has 162 valence electrons. The molecule has 2 amide bonds. The average Bonchev–Trinajstić information content (AvgIpc) is 3.09. The van der Waals surface area contributed by atoms with Gasteiger partial charge in [-0.05, 0) is 28.3 Å². The van der Waals surface area contributed by atoms with Crippen LogP contribution >= 0.6 is 0 Å². The number of carboxylic acids is 1. The van der Waals surface area contributed by atoms with E-state index in [0.29, 0.717) is 0 Å². The van der Waals surface area contributed by atoms with Gasteiger partial charge in [-0.3, -0.25) is 19.7 Å². The van der Waals surface area contributed by atoms with Crippen LogP contribution in [-0.2, 0) is 9.59 Å². The van der Waals surface area contributed by atoms with Crippen molar-refractivity contribution in [2.75, 3.05) is 4.90 Å². The summed E-state index contributed by atoms with van der Waals surface area (Å²) in [6.07, 6.45) is 0. The molecular formula is C25H16N2O6. The van der Waals surface area contributed by atoms with Crippen LogP contribution in [0.1, 0.15) is 44.4 Å². The van der Waals surface area contributed by atoms with Gasteiger partial charge in [0.05, 0.1) is 28.0 Å². The molecular weight excluding hydrogens is 424 g/mol. The Labute approximate surface area is 187 Å². The van der Waals surface area contributed by atoms with Crippen LogP contribution in [0, 0.1) is 22.0 Å². The zero-order valence-corrected chi connectivity index (χ0v) is 17.0. The van der Waals surface area contributed by atoms with Crippen LogP contribution in [0.4, 0.5) is 11.4 Å². The van der Waals surface area contributed by atoms with Gasteiger partial charge in [0.15, 0.2) is 0 Å². The lowest BCUT2D eigenvalue weighted by atomic mass is 9.55. The normalized spacial score (nSPS) is 24.3. The predicted molar refractivity (Wildman–Crippen MR) is 116 cm³/mol. The van der Waals surface area contributed by atoms with E-state index < -0.39 is 34.5 Å². The van der Waals surface area contributed by atoms with Gasteiger partial charge in [0.25, 0.3) is 5.69 Å². The second-order valence-electron chi connectivity index (χ2n) is 8.54. The van der Waals surface area contributed by atoms with Gasteiger partial charge >= 0.3 is 5.97 Å². The van der Waals surface area contributed by atoms with Crippen molar-refractivity contribution in [1.82, 2.24) is 0 Å². The van der Waals surface area contributed by atoms with E-state index in [1.807, 2.05) is 48.5 Å². The molecule has 3 aromatic carbocycles. The minimum absolute atomic E-state index is 0.256. The van der Waals surface area contributed by atoms with E-state index in [1.54, 1.807) is 0 Å². The molecule has 2 atom stereocenters. The molecule has 7 rings (SSSR count). The number of nitro groups is 1. The van der Waals surface area contributed by atoms with Crippen LogP contribution in [0.25, 0.3) is 0 Å². The van der Waals surface area contributed by atoms with E-state index in [9.17, 15) is 29.6 Å². The Morgan fingerprint density at radius 2 is 1.27 bits per heavy atom. The van der Waals surface area contributed by atoms with Crippen molar-refractivity contribution in [2.45, 2.75) is 11.8 Å². The molecule has 0 spiro atoms. The molecule has 1 heterocycles. The molecule has 0 unspecified atom stereocenters. The highest BCUT2D eigenvalue weighted by atomic mass is 16.6. The second-order valence-corrected chi connectivity index (χ2v) is 8.54. The lowest BCUT2D eigenvalue weighted by Gasteiger charge is -2.45.